The molecule has 2 aliphatic heterocycles. The van der Waals surface area contributed by atoms with Gasteiger partial charge in [0.05, 0.1) is 22.8 Å². The Morgan fingerprint density at radius 2 is 0.950 bits per heavy atom. The minimum atomic E-state index is -0.407. The summed E-state index contributed by atoms with van der Waals surface area (Å²) in [5.74, 6) is 0.305. The second-order valence-corrected chi connectivity index (χ2v) is 16.6. The number of esters is 1. The lowest BCUT2D eigenvalue weighted by Crippen LogP contribution is -2.12. The summed E-state index contributed by atoms with van der Waals surface area (Å²) in [6.07, 6.45) is 30.2. The molecule has 8 bridgehead atoms. The van der Waals surface area contributed by atoms with E-state index in [2.05, 4.69) is 98.0 Å². The zero-order valence-corrected chi connectivity index (χ0v) is 36.9. The molecule has 3 aromatic heterocycles. The van der Waals surface area contributed by atoms with Crippen LogP contribution < -0.4 is 4.74 Å². The minimum absolute atomic E-state index is 0.161. The van der Waals surface area contributed by atoms with Crippen molar-refractivity contribution in [1.82, 2.24) is 19.9 Å². The number of nitrogens with zero attached hydrogens (tertiary/aromatic N) is 2. The van der Waals surface area contributed by atoms with Crippen LogP contribution in [0, 0.1) is 0 Å². The molecule has 0 spiro atoms. The van der Waals surface area contributed by atoms with Gasteiger partial charge in [0, 0.05) is 49.9 Å². The summed E-state index contributed by atoms with van der Waals surface area (Å²) in [6.45, 7) is 12.5. The molecule has 0 fully saturated rings. The van der Waals surface area contributed by atoms with Crippen molar-refractivity contribution < 1.29 is 14.3 Å². The fourth-order valence-electron chi connectivity index (χ4n) is 8.33. The standard InChI is InChI=1S/C53H68N4O3/c1-6-9-12-15-18-21-41-44-28-30-46(54-44)42(22-19-16-13-10-7-2)48-32-34-50(56-48)52(39-24-26-40(27-25-39)59-36-37-60-53(58)38(4)5)51-35-33-49(57-51)43(23-20-17-14-11-8-3)47-31-29-45(41)55-47/h24-35,56-57H,4,6-23,36-37H2,1-3,5H3. The first-order valence-electron chi connectivity index (χ1n) is 23.1. The molecular formula is C53H68N4O3. The number of benzene rings is 1. The fourth-order valence-corrected chi connectivity index (χ4v) is 8.33. The van der Waals surface area contributed by atoms with Gasteiger partial charge in [-0.2, -0.15) is 0 Å². The molecular weight excluding hydrogens is 741 g/mol. The molecule has 1 aromatic carbocycles. The molecule has 2 N–H and O–H groups in total. The lowest BCUT2D eigenvalue weighted by Gasteiger charge is -2.09. The number of aromatic amines is 2. The van der Waals surface area contributed by atoms with E-state index in [1.54, 1.807) is 6.92 Å². The number of ether oxygens (including phenoxy) is 2. The number of aromatic nitrogens is 4. The van der Waals surface area contributed by atoms with Crippen molar-refractivity contribution in [3.63, 3.8) is 0 Å². The number of fused-ring (bicyclic) bond motifs is 8. The third-order valence-electron chi connectivity index (χ3n) is 11.7. The third-order valence-corrected chi connectivity index (χ3v) is 11.7. The van der Waals surface area contributed by atoms with Crippen molar-refractivity contribution >= 4 is 52.3 Å². The van der Waals surface area contributed by atoms with Crippen LogP contribution in [-0.2, 0) is 28.8 Å². The molecule has 0 unspecified atom stereocenters. The van der Waals surface area contributed by atoms with Crippen molar-refractivity contribution in [1.29, 1.82) is 0 Å². The van der Waals surface area contributed by atoms with E-state index in [1.165, 1.54) is 93.7 Å². The van der Waals surface area contributed by atoms with Crippen molar-refractivity contribution in [2.24, 2.45) is 0 Å². The quantitative estimate of drug-likeness (QED) is 0.0361. The van der Waals surface area contributed by atoms with Crippen LogP contribution in [0.25, 0.3) is 57.5 Å². The fraction of sp³-hybridized carbons (Fsp3) is 0.453. The van der Waals surface area contributed by atoms with Gasteiger partial charge in [0.15, 0.2) is 0 Å². The smallest absolute Gasteiger partial charge is 0.333 e. The van der Waals surface area contributed by atoms with E-state index < -0.39 is 5.97 Å². The zero-order chi connectivity index (χ0) is 42.1. The van der Waals surface area contributed by atoms with E-state index in [-0.39, 0.29) is 13.2 Å². The highest BCUT2D eigenvalue weighted by Gasteiger charge is 2.17. The largest absolute Gasteiger partial charge is 0.490 e. The van der Waals surface area contributed by atoms with Crippen LogP contribution in [0.2, 0.25) is 0 Å². The summed E-state index contributed by atoms with van der Waals surface area (Å²) in [4.78, 5) is 30.5. The Hall–Kier alpha value is -5.17. The van der Waals surface area contributed by atoms with Crippen molar-refractivity contribution in [3.05, 3.63) is 100 Å². The Kier molecular flexibility index (Phi) is 17.0. The molecule has 0 amide bonds. The molecule has 2 aliphatic rings. The Labute approximate surface area is 358 Å². The molecule has 7 nitrogen and oxygen atoms in total. The highest BCUT2D eigenvalue weighted by molar-refractivity contribution is 5.94. The molecule has 4 aromatic rings. The van der Waals surface area contributed by atoms with Gasteiger partial charge in [-0.3, -0.25) is 0 Å². The lowest BCUT2D eigenvalue weighted by atomic mass is 10.0. The zero-order valence-electron chi connectivity index (χ0n) is 36.9. The second-order valence-electron chi connectivity index (χ2n) is 16.6. The number of aryl methyl sites for hydroxylation is 2. The summed E-state index contributed by atoms with van der Waals surface area (Å²) in [5, 5.41) is 0. The van der Waals surface area contributed by atoms with E-state index in [4.69, 9.17) is 19.4 Å². The maximum atomic E-state index is 11.8. The number of H-pyrrole nitrogens is 2. The highest BCUT2D eigenvalue weighted by Crippen LogP contribution is 2.33. The molecule has 7 heteroatoms. The molecule has 0 saturated heterocycles. The van der Waals surface area contributed by atoms with Gasteiger partial charge in [-0.05, 0) is 112 Å². The van der Waals surface area contributed by atoms with Gasteiger partial charge in [0.2, 0.25) is 0 Å². The highest BCUT2D eigenvalue weighted by atomic mass is 16.6. The summed E-state index contributed by atoms with van der Waals surface area (Å²) < 4.78 is 11.2. The van der Waals surface area contributed by atoms with Crippen LogP contribution >= 0.6 is 0 Å². The number of carbonyl (C=O) groups excluding carboxylic acids is 1. The maximum Gasteiger partial charge on any atom is 0.333 e. The summed E-state index contributed by atoms with van der Waals surface area (Å²) in [6, 6.07) is 17.1. The van der Waals surface area contributed by atoms with E-state index in [9.17, 15) is 4.79 Å². The SMILES string of the molecule is C=C(C)C(=O)OCCOc1ccc(-c2c3ccc([nH]3)c(CCCCCCC)c3nc(c(CCCCCCC)c4nc(c(CCCCCCC)c5ccc2[nH]5)C=C4)C=C3)cc1. The third kappa shape index (κ3) is 12.0. The van der Waals surface area contributed by atoms with Crippen molar-refractivity contribution in [3.8, 4) is 16.9 Å². The van der Waals surface area contributed by atoms with Gasteiger partial charge in [0.25, 0.3) is 0 Å². The number of hydrogen-bond donors (Lipinski definition) is 2. The van der Waals surface area contributed by atoms with Gasteiger partial charge in [-0.25, -0.2) is 14.8 Å². The molecule has 0 saturated carbocycles. The number of hydrogen-bond acceptors (Lipinski definition) is 5. The minimum Gasteiger partial charge on any atom is -0.490 e. The Bertz CT molecular complexity index is 2160. The van der Waals surface area contributed by atoms with Crippen molar-refractivity contribution in [2.75, 3.05) is 13.2 Å². The first-order chi connectivity index (χ1) is 29.4. The second kappa shape index (κ2) is 23.0. The molecule has 6 rings (SSSR count). The molecule has 0 radical (unpaired) electrons. The number of carbonyl (C=O) groups is 1. The van der Waals surface area contributed by atoms with E-state index in [0.717, 1.165) is 94.5 Å². The Balaban J connectivity index is 1.51. The summed E-state index contributed by atoms with van der Waals surface area (Å²) >= 11 is 0. The molecule has 5 heterocycles. The maximum absolute atomic E-state index is 11.8. The first-order valence-corrected chi connectivity index (χ1v) is 23.1. The lowest BCUT2D eigenvalue weighted by molar-refractivity contribution is -0.139. The van der Waals surface area contributed by atoms with Gasteiger partial charge < -0.3 is 19.4 Å². The first kappa shape index (κ1) is 44.4. The van der Waals surface area contributed by atoms with Crippen LogP contribution in [0.15, 0.2) is 60.7 Å². The van der Waals surface area contributed by atoms with Gasteiger partial charge in [-0.15, -0.1) is 0 Å². The molecule has 0 aliphatic carbocycles. The Morgan fingerprint density at radius 3 is 1.40 bits per heavy atom. The van der Waals surface area contributed by atoms with E-state index in [0.29, 0.717) is 11.3 Å². The summed E-state index contributed by atoms with van der Waals surface area (Å²) in [5.41, 5.74) is 14.8. The van der Waals surface area contributed by atoms with Crippen LogP contribution in [0.5, 0.6) is 5.75 Å². The average Bonchev–Trinajstić information content (AvgIpc) is 4.10. The average molecular weight is 809 g/mol. The van der Waals surface area contributed by atoms with Crippen LogP contribution in [0.3, 0.4) is 0 Å². The van der Waals surface area contributed by atoms with Gasteiger partial charge in [-0.1, -0.05) is 117 Å². The topological polar surface area (TPSA) is 92.9 Å². The normalized spacial score (nSPS) is 12.0. The molecule has 60 heavy (non-hydrogen) atoms. The summed E-state index contributed by atoms with van der Waals surface area (Å²) in [7, 11) is 0. The van der Waals surface area contributed by atoms with Crippen LogP contribution in [0.4, 0.5) is 0 Å². The number of nitrogens with one attached hydrogen (secondary N) is 2. The monoisotopic (exact) mass is 809 g/mol. The number of rotatable bonds is 24. The number of unbranched alkanes of at least 4 members (excludes halogenated alkanes) is 12. The van der Waals surface area contributed by atoms with Crippen LogP contribution in [-0.4, -0.2) is 39.1 Å². The van der Waals surface area contributed by atoms with Gasteiger partial charge >= 0.3 is 5.97 Å². The van der Waals surface area contributed by atoms with E-state index in [1.807, 2.05) is 12.1 Å². The molecule has 0 atom stereocenters. The predicted molar refractivity (Wildman–Crippen MR) is 253 cm³/mol. The Morgan fingerprint density at radius 1 is 0.533 bits per heavy atom. The van der Waals surface area contributed by atoms with Gasteiger partial charge in [0.1, 0.15) is 19.0 Å². The van der Waals surface area contributed by atoms with E-state index >= 15 is 0 Å². The predicted octanol–water partition coefficient (Wildman–Crippen LogP) is 14.4. The van der Waals surface area contributed by atoms with Crippen molar-refractivity contribution in [2.45, 2.75) is 143 Å². The van der Waals surface area contributed by atoms with Crippen LogP contribution in [0.1, 0.15) is 163 Å². The molecule has 318 valence electrons.